The normalized spacial score (nSPS) is 11.2. The lowest BCUT2D eigenvalue weighted by Gasteiger charge is -2.08. The van der Waals surface area contributed by atoms with E-state index in [1.165, 1.54) is 24.4 Å². The Morgan fingerprint density at radius 2 is 2.06 bits per heavy atom. The van der Waals surface area contributed by atoms with Gasteiger partial charge in [0.2, 0.25) is 0 Å². The summed E-state index contributed by atoms with van der Waals surface area (Å²) in [5, 5.41) is 0.454. The molecule has 0 radical (unpaired) electrons. The van der Waals surface area contributed by atoms with Gasteiger partial charge in [0.1, 0.15) is 0 Å². The van der Waals surface area contributed by atoms with E-state index in [1.807, 2.05) is 0 Å². The molecule has 2 aromatic rings. The molecule has 0 saturated carbocycles. The molecule has 1 aromatic carbocycles. The zero-order valence-electron chi connectivity index (χ0n) is 8.97. The molecule has 1 N–H and O–H groups in total. The van der Waals surface area contributed by atoms with Gasteiger partial charge in [-0.3, -0.25) is 9.71 Å². The van der Waals surface area contributed by atoms with Crippen LogP contribution in [-0.2, 0) is 10.0 Å². The molecule has 0 saturated heterocycles. The molecule has 0 spiro atoms. The van der Waals surface area contributed by atoms with E-state index >= 15 is 0 Å². The molecule has 0 atom stereocenters. The average molecular weight is 348 g/mol. The first-order valence-corrected chi connectivity index (χ1v) is 7.52. The first-order chi connectivity index (χ1) is 8.49. The number of aromatic nitrogens is 1. The summed E-state index contributed by atoms with van der Waals surface area (Å²) in [6.07, 6.45) is 3.00. The number of pyridine rings is 1. The molecule has 0 bridgehead atoms. The van der Waals surface area contributed by atoms with Gasteiger partial charge in [0.15, 0.2) is 0 Å². The maximum absolute atomic E-state index is 12.1. The van der Waals surface area contributed by atoms with Gasteiger partial charge in [-0.15, -0.1) is 0 Å². The molecule has 0 aliphatic heterocycles. The minimum atomic E-state index is -3.63. The van der Waals surface area contributed by atoms with E-state index in [0.717, 1.165) is 0 Å². The van der Waals surface area contributed by atoms with Crippen molar-refractivity contribution in [2.75, 3.05) is 4.72 Å². The van der Waals surface area contributed by atoms with Gasteiger partial charge < -0.3 is 0 Å². The molecule has 2 rings (SSSR count). The number of hydrogen-bond donors (Lipinski definition) is 1. The van der Waals surface area contributed by atoms with Crippen LogP contribution in [0.4, 0.5) is 5.69 Å². The summed E-state index contributed by atoms with van der Waals surface area (Å²) in [5.41, 5.74) is 0.406. The maximum atomic E-state index is 12.1. The third kappa shape index (κ3) is 3.01. The Morgan fingerprint density at radius 3 is 2.67 bits per heavy atom. The van der Waals surface area contributed by atoms with Crippen molar-refractivity contribution in [2.24, 2.45) is 0 Å². The average Bonchev–Trinajstić information content (AvgIpc) is 2.33. The van der Waals surface area contributed by atoms with Crippen molar-refractivity contribution >= 4 is 43.2 Å². The van der Waals surface area contributed by atoms with Crippen LogP contribution in [0.3, 0.4) is 0 Å². The molecular weight excluding hydrogens is 340 g/mol. The number of benzene rings is 1. The fourth-order valence-corrected chi connectivity index (χ4v) is 3.00. The van der Waals surface area contributed by atoms with E-state index < -0.39 is 10.0 Å². The number of hydrogen-bond acceptors (Lipinski definition) is 3. The Hall–Kier alpha value is -1.11. The van der Waals surface area contributed by atoms with E-state index in [0.29, 0.717) is 15.2 Å². The lowest BCUT2D eigenvalue weighted by atomic mass is 10.4. The number of halogens is 2. The van der Waals surface area contributed by atoms with Gasteiger partial charge in [0.25, 0.3) is 10.0 Å². The van der Waals surface area contributed by atoms with Crippen LogP contribution in [0.25, 0.3) is 0 Å². The number of nitrogens with one attached hydrogen (secondary N) is 1. The van der Waals surface area contributed by atoms with Crippen LogP contribution in [0.15, 0.2) is 52.1 Å². The van der Waals surface area contributed by atoms with Crippen LogP contribution >= 0.6 is 27.5 Å². The number of nitrogens with zero attached hydrogens (tertiary/aromatic N) is 1. The number of sulfonamides is 1. The Labute approximate surface area is 118 Å². The lowest BCUT2D eigenvalue weighted by molar-refractivity contribution is 0.601. The van der Waals surface area contributed by atoms with Crippen LogP contribution in [-0.4, -0.2) is 13.4 Å². The highest BCUT2D eigenvalue weighted by molar-refractivity contribution is 9.10. The predicted molar refractivity (Wildman–Crippen MR) is 74.2 cm³/mol. The monoisotopic (exact) mass is 346 g/mol. The summed E-state index contributed by atoms with van der Waals surface area (Å²) in [5.74, 6) is 0. The Balaban J connectivity index is 2.34. The van der Waals surface area contributed by atoms with E-state index in [-0.39, 0.29) is 4.90 Å². The smallest absolute Gasteiger partial charge is 0.261 e. The summed E-state index contributed by atoms with van der Waals surface area (Å²) in [7, 11) is -3.63. The van der Waals surface area contributed by atoms with Crippen molar-refractivity contribution in [1.29, 1.82) is 0 Å². The number of rotatable bonds is 3. The molecule has 0 unspecified atom stereocenters. The van der Waals surface area contributed by atoms with Crippen molar-refractivity contribution in [1.82, 2.24) is 4.98 Å². The van der Waals surface area contributed by atoms with Gasteiger partial charge in [-0.2, -0.15) is 0 Å². The van der Waals surface area contributed by atoms with Gasteiger partial charge >= 0.3 is 0 Å². The summed E-state index contributed by atoms with van der Waals surface area (Å²) >= 11 is 9.01. The molecule has 7 heteroatoms. The quantitative estimate of drug-likeness (QED) is 0.927. The maximum Gasteiger partial charge on any atom is 0.261 e. The second-order valence-corrected chi connectivity index (χ2v) is 6.37. The fourth-order valence-electron chi connectivity index (χ4n) is 1.28. The highest BCUT2D eigenvalue weighted by atomic mass is 79.9. The first kappa shape index (κ1) is 13.3. The van der Waals surface area contributed by atoms with E-state index in [9.17, 15) is 8.42 Å². The van der Waals surface area contributed by atoms with Gasteiger partial charge in [0.05, 0.1) is 21.8 Å². The van der Waals surface area contributed by atoms with Crippen molar-refractivity contribution in [3.05, 3.63) is 52.2 Å². The summed E-state index contributed by atoms with van der Waals surface area (Å²) in [6.45, 7) is 0. The Bertz CT molecular complexity index is 662. The molecule has 1 aromatic heterocycles. The van der Waals surface area contributed by atoms with Gasteiger partial charge in [0, 0.05) is 10.7 Å². The van der Waals surface area contributed by atoms with Gasteiger partial charge in [-0.1, -0.05) is 11.6 Å². The predicted octanol–water partition coefficient (Wildman–Crippen LogP) is 3.30. The molecule has 0 fully saturated rings. The van der Waals surface area contributed by atoms with Crippen molar-refractivity contribution in [2.45, 2.75) is 4.90 Å². The Morgan fingerprint density at radius 1 is 1.28 bits per heavy atom. The second kappa shape index (κ2) is 5.26. The topological polar surface area (TPSA) is 59.1 Å². The molecule has 94 valence electrons. The fraction of sp³-hybridized carbons (Fsp3) is 0. The largest absolute Gasteiger partial charge is 0.278 e. The minimum Gasteiger partial charge on any atom is -0.278 e. The summed E-state index contributed by atoms with van der Waals surface area (Å²) < 4.78 is 27.1. The van der Waals surface area contributed by atoms with Crippen molar-refractivity contribution in [3.8, 4) is 0 Å². The van der Waals surface area contributed by atoms with Crippen LogP contribution in [0.1, 0.15) is 0 Å². The summed E-state index contributed by atoms with van der Waals surface area (Å²) in [4.78, 5) is 3.96. The first-order valence-electron chi connectivity index (χ1n) is 4.87. The second-order valence-electron chi connectivity index (χ2n) is 3.42. The van der Waals surface area contributed by atoms with Crippen LogP contribution in [0.5, 0.6) is 0 Å². The van der Waals surface area contributed by atoms with E-state index in [1.54, 1.807) is 18.3 Å². The van der Waals surface area contributed by atoms with Crippen LogP contribution in [0, 0.1) is 0 Å². The third-order valence-corrected chi connectivity index (χ3v) is 4.71. The zero-order chi connectivity index (χ0) is 13.2. The number of anilines is 1. The van der Waals surface area contributed by atoms with Crippen LogP contribution in [0.2, 0.25) is 5.02 Å². The van der Waals surface area contributed by atoms with E-state index in [2.05, 4.69) is 25.6 Å². The van der Waals surface area contributed by atoms with Crippen molar-refractivity contribution < 1.29 is 8.42 Å². The standard InChI is InChI=1S/C11H8BrClN2O2S/c12-10-6-9(3-4-11(10)13)18(16,17)15-8-2-1-5-14-7-8/h1-7,15H. The highest BCUT2D eigenvalue weighted by Crippen LogP contribution is 2.26. The molecule has 0 aliphatic rings. The molecule has 0 amide bonds. The highest BCUT2D eigenvalue weighted by Gasteiger charge is 2.15. The lowest BCUT2D eigenvalue weighted by Crippen LogP contribution is -2.13. The molecule has 0 aliphatic carbocycles. The van der Waals surface area contributed by atoms with Gasteiger partial charge in [-0.25, -0.2) is 8.42 Å². The molecular formula is C11H8BrClN2O2S. The summed E-state index contributed by atoms with van der Waals surface area (Å²) in [6, 6.07) is 7.67. The Kier molecular flexibility index (Phi) is 3.89. The van der Waals surface area contributed by atoms with Crippen molar-refractivity contribution in [3.63, 3.8) is 0 Å². The van der Waals surface area contributed by atoms with Gasteiger partial charge in [-0.05, 0) is 46.3 Å². The van der Waals surface area contributed by atoms with Crippen LogP contribution < -0.4 is 4.72 Å². The SMILES string of the molecule is O=S(=O)(Nc1cccnc1)c1ccc(Cl)c(Br)c1. The molecule has 4 nitrogen and oxygen atoms in total. The van der Waals surface area contributed by atoms with E-state index in [4.69, 9.17) is 11.6 Å². The third-order valence-electron chi connectivity index (χ3n) is 2.12. The minimum absolute atomic E-state index is 0.127. The zero-order valence-corrected chi connectivity index (χ0v) is 12.1. The molecule has 1 heterocycles. The molecule has 18 heavy (non-hydrogen) atoms.